The zero-order chi connectivity index (χ0) is 14.1. The van der Waals surface area contributed by atoms with Crippen molar-refractivity contribution in [3.05, 3.63) is 59.1 Å². The summed E-state index contributed by atoms with van der Waals surface area (Å²) >= 11 is 0. The van der Waals surface area contributed by atoms with Crippen LogP contribution in [-0.2, 0) is 11.2 Å². The average Bonchev–Trinajstić information content (AvgIpc) is 2.99. The fraction of sp³-hybridized carbons (Fsp3) is 0.125. The van der Waals surface area contributed by atoms with E-state index in [0.717, 1.165) is 5.56 Å². The molecule has 0 fully saturated rings. The van der Waals surface area contributed by atoms with Gasteiger partial charge in [-0.25, -0.2) is 0 Å². The van der Waals surface area contributed by atoms with E-state index >= 15 is 0 Å². The third kappa shape index (κ3) is 2.16. The standard InChI is InChI=1S/C16H12O4/c1-10(17)20-14-6-2-4-11-8-12(16(18)15(11)14)9-13-5-3-7-19-13/h2-7,9H,8H2,1H3/b12-9+. The molecule has 1 aliphatic rings. The molecule has 0 bridgehead atoms. The molecule has 4 nitrogen and oxygen atoms in total. The Kier molecular flexibility index (Phi) is 2.99. The maximum Gasteiger partial charge on any atom is 0.308 e. The van der Waals surface area contributed by atoms with Crippen LogP contribution in [0.15, 0.2) is 46.6 Å². The Morgan fingerprint density at radius 1 is 1.30 bits per heavy atom. The number of hydrogen-bond acceptors (Lipinski definition) is 4. The van der Waals surface area contributed by atoms with E-state index in [2.05, 4.69) is 0 Å². The van der Waals surface area contributed by atoms with Crippen LogP contribution in [0.3, 0.4) is 0 Å². The van der Waals surface area contributed by atoms with Crippen molar-refractivity contribution in [2.24, 2.45) is 0 Å². The van der Waals surface area contributed by atoms with Crippen LogP contribution in [0.2, 0.25) is 0 Å². The van der Waals surface area contributed by atoms with Crippen molar-refractivity contribution in [3.63, 3.8) is 0 Å². The SMILES string of the molecule is CC(=O)Oc1cccc2c1C(=O)/C(=C/c1ccco1)C2. The zero-order valence-corrected chi connectivity index (χ0v) is 10.9. The van der Waals surface area contributed by atoms with E-state index in [1.165, 1.54) is 6.92 Å². The van der Waals surface area contributed by atoms with E-state index in [-0.39, 0.29) is 5.78 Å². The number of rotatable bonds is 2. The Bertz CT molecular complexity index is 708. The van der Waals surface area contributed by atoms with Gasteiger partial charge in [0, 0.05) is 18.9 Å². The van der Waals surface area contributed by atoms with E-state index in [0.29, 0.717) is 29.1 Å². The second-order valence-electron chi connectivity index (χ2n) is 4.57. The molecule has 2 aromatic rings. The van der Waals surface area contributed by atoms with Crippen LogP contribution in [0.5, 0.6) is 5.75 Å². The summed E-state index contributed by atoms with van der Waals surface area (Å²) in [5.74, 6) is 0.404. The lowest BCUT2D eigenvalue weighted by molar-refractivity contribution is -0.131. The topological polar surface area (TPSA) is 56.5 Å². The third-order valence-corrected chi connectivity index (χ3v) is 3.13. The molecule has 0 aliphatic heterocycles. The van der Waals surface area contributed by atoms with Gasteiger partial charge in [-0.3, -0.25) is 9.59 Å². The minimum atomic E-state index is -0.435. The lowest BCUT2D eigenvalue weighted by Crippen LogP contribution is -2.06. The molecule has 0 saturated heterocycles. The number of ketones is 1. The molecule has 0 spiro atoms. The molecule has 4 heteroatoms. The molecule has 0 saturated carbocycles. The molecule has 0 N–H and O–H groups in total. The fourth-order valence-electron chi connectivity index (χ4n) is 2.33. The highest BCUT2D eigenvalue weighted by molar-refractivity contribution is 6.17. The van der Waals surface area contributed by atoms with Gasteiger partial charge in [-0.2, -0.15) is 0 Å². The molecule has 20 heavy (non-hydrogen) atoms. The average molecular weight is 268 g/mol. The highest BCUT2D eigenvalue weighted by Crippen LogP contribution is 2.34. The van der Waals surface area contributed by atoms with Gasteiger partial charge < -0.3 is 9.15 Å². The van der Waals surface area contributed by atoms with Crippen LogP contribution >= 0.6 is 0 Å². The van der Waals surface area contributed by atoms with E-state index in [4.69, 9.17) is 9.15 Å². The number of esters is 1. The molecule has 1 heterocycles. The minimum Gasteiger partial charge on any atom is -0.465 e. The Hall–Kier alpha value is -2.62. The highest BCUT2D eigenvalue weighted by Gasteiger charge is 2.29. The highest BCUT2D eigenvalue weighted by atomic mass is 16.5. The number of carbonyl (C=O) groups excluding carboxylic acids is 2. The summed E-state index contributed by atoms with van der Waals surface area (Å²) in [7, 11) is 0. The Balaban J connectivity index is 2.01. The second kappa shape index (κ2) is 4.81. The monoisotopic (exact) mass is 268 g/mol. The molecular weight excluding hydrogens is 256 g/mol. The zero-order valence-electron chi connectivity index (χ0n) is 10.9. The van der Waals surface area contributed by atoms with Crippen LogP contribution in [0.25, 0.3) is 6.08 Å². The number of Topliss-reactive ketones (excluding diaryl/α,β-unsaturated/α-hetero) is 1. The molecule has 0 radical (unpaired) electrons. The first-order valence-electron chi connectivity index (χ1n) is 6.24. The van der Waals surface area contributed by atoms with E-state index in [1.807, 2.05) is 6.07 Å². The lowest BCUT2D eigenvalue weighted by atomic mass is 10.1. The third-order valence-electron chi connectivity index (χ3n) is 3.13. The summed E-state index contributed by atoms with van der Waals surface area (Å²) in [5, 5.41) is 0. The van der Waals surface area contributed by atoms with Crippen LogP contribution in [0, 0.1) is 0 Å². The Labute approximate surface area is 115 Å². The molecule has 1 aliphatic carbocycles. The van der Waals surface area contributed by atoms with Crippen LogP contribution in [-0.4, -0.2) is 11.8 Å². The van der Waals surface area contributed by atoms with Gasteiger partial charge in [0.2, 0.25) is 0 Å². The van der Waals surface area contributed by atoms with Gasteiger partial charge in [0.15, 0.2) is 5.78 Å². The van der Waals surface area contributed by atoms with Crippen molar-refractivity contribution in [3.8, 4) is 5.75 Å². The van der Waals surface area contributed by atoms with Crippen molar-refractivity contribution < 1.29 is 18.7 Å². The lowest BCUT2D eigenvalue weighted by Gasteiger charge is -2.05. The Morgan fingerprint density at radius 3 is 2.85 bits per heavy atom. The molecular formula is C16H12O4. The van der Waals surface area contributed by atoms with Crippen molar-refractivity contribution in [1.29, 1.82) is 0 Å². The van der Waals surface area contributed by atoms with Crippen molar-refractivity contribution in [2.45, 2.75) is 13.3 Å². The fourth-order valence-corrected chi connectivity index (χ4v) is 2.33. The van der Waals surface area contributed by atoms with Crippen LogP contribution in [0.4, 0.5) is 0 Å². The molecule has 1 aromatic carbocycles. The summed E-state index contributed by atoms with van der Waals surface area (Å²) in [4.78, 5) is 23.5. The normalized spacial score (nSPS) is 15.4. The van der Waals surface area contributed by atoms with E-state index in [9.17, 15) is 9.59 Å². The number of fused-ring (bicyclic) bond motifs is 1. The Morgan fingerprint density at radius 2 is 2.15 bits per heavy atom. The van der Waals surface area contributed by atoms with Crippen LogP contribution in [0.1, 0.15) is 28.6 Å². The maximum absolute atomic E-state index is 12.4. The van der Waals surface area contributed by atoms with Gasteiger partial charge in [-0.1, -0.05) is 12.1 Å². The summed E-state index contributed by atoms with van der Waals surface area (Å²) < 4.78 is 10.3. The van der Waals surface area contributed by atoms with Crippen molar-refractivity contribution in [2.75, 3.05) is 0 Å². The summed E-state index contributed by atoms with van der Waals surface area (Å²) in [6, 6.07) is 8.83. The first-order chi connectivity index (χ1) is 9.65. The smallest absolute Gasteiger partial charge is 0.308 e. The molecule has 1 aromatic heterocycles. The largest absolute Gasteiger partial charge is 0.465 e. The van der Waals surface area contributed by atoms with Gasteiger partial charge in [-0.05, 0) is 29.8 Å². The maximum atomic E-state index is 12.4. The number of furan rings is 1. The van der Waals surface area contributed by atoms with Gasteiger partial charge in [0.25, 0.3) is 0 Å². The summed E-state index contributed by atoms with van der Waals surface area (Å²) in [6.45, 7) is 1.32. The van der Waals surface area contributed by atoms with Gasteiger partial charge >= 0.3 is 5.97 Å². The number of allylic oxidation sites excluding steroid dienone is 1. The van der Waals surface area contributed by atoms with Crippen LogP contribution < -0.4 is 4.74 Å². The van der Waals surface area contributed by atoms with Gasteiger partial charge in [0.05, 0.1) is 11.8 Å². The van der Waals surface area contributed by atoms with Gasteiger partial charge in [-0.15, -0.1) is 0 Å². The van der Waals surface area contributed by atoms with Gasteiger partial charge in [0.1, 0.15) is 11.5 Å². The molecule has 3 rings (SSSR count). The summed E-state index contributed by atoms with van der Waals surface area (Å²) in [5.41, 5.74) is 1.97. The van der Waals surface area contributed by atoms with E-state index in [1.54, 1.807) is 36.6 Å². The van der Waals surface area contributed by atoms with Crippen molar-refractivity contribution in [1.82, 2.24) is 0 Å². The molecule has 100 valence electrons. The number of benzene rings is 1. The minimum absolute atomic E-state index is 0.117. The molecule has 0 atom stereocenters. The molecule has 0 unspecified atom stereocenters. The van der Waals surface area contributed by atoms with E-state index < -0.39 is 5.97 Å². The number of ether oxygens (including phenoxy) is 1. The molecule has 0 amide bonds. The first-order valence-corrected chi connectivity index (χ1v) is 6.24. The predicted molar refractivity (Wildman–Crippen MR) is 72.5 cm³/mol. The predicted octanol–water partition coefficient (Wildman–Crippen LogP) is 3.03. The first kappa shape index (κ1) is 12.4. The quantitative estimate of drug-likeness (QED) is 0.477. The number of carbonyl (C=O) groups is 2. The second-order valence-corrected chi connectivity index (χ2v) is 4.57. The van der Waals surface area contributed by atoms with Crippen molar-refractivity contribution >= 4 is 17.8 Å². The summed E-state index contributed by atoms with van der Waals surface area (Å²) in [6.07, 6.45) is 3.80. The number of hydrogen-bond donors (Lipinski definition) is 0.